The molecule has 10 nitrogen and oxygen atoms in total. The first kappa shape index (κ1) is 23.1. The Balaban J connectivity index is 1.23. The van der Waals surface area contributed by atoms with Crippen LogP contribution >= 0.6 is 0 Å². The zero-order chi connectivity index (χ0) is 24.7. The number of piperazine rings is 1. The maximum absolute atomic E-state index is 13.4. The summed E-state index contributed by atoms with van der Waals surface area (Å²) >= 11 is 0. The summed E-state index contributed by atoms with van der Waals surface area (Å²) in [6.45, 7) is 4.88. The van der Waals surface area contributed by atoms with Gasteiger partial charge in [-0.3, -0.25) is 4.79 Å². The molecule has 4 heterocycles. The summed E-state index contributed by atoms with van der Waals surface area (Å²) in [5.41, 5.74) is 3.09. The van der Waals surface area contributed by atoms with Crippen LogP contribution in [0.3, 0.4) is 0 Å². The number of aryl methyl sites for hydroxylation is 1. The van der Waals surface area contributed by atoms with Crippen molar-refractivity contribution in [1.29, 1.82) is 0 Å². The number of hydrogen-bond acceptors (Lipinski definition) is 8. The number of anilines is 2. The molecule has 0 atom stereocenters. The fourth-order valence-corrected chi connectivity index (χ4v) is 4.92. The third kappa shape index (κ3) is 4.58. The number of hydrogen-bond donors (Lipinski definition) is 1. The summed E-state index contributed by atoms with van der Waals surface area (Å²) in [7, 11) is 4.08. The van der Waals surface area contributed by atoms with Crippen LogP contribution in [0.25, 0.3) is 0 Å². The Morgan fingerprint density at radius 3 is 2.58 bits per heavy atom. The number of ether oxygens (including phenoxy) is 1. The molecule has 0 unspecified atom stereocenters. The first-order chi connectivity index (χ1) is 17.5. The minimum Gasteiger partial charge on any atom is -0.379 e. The van der Waals surface area contributed by atoms with Gasteiger partial charge in [-0.15, -0.1) is 10.2 Å². The summed E-state index contributed by atoms with van der Waals surface area (Å²) in [6.07, 6.45) is 4.69. The molecule has 1 amide bonds. The van der Waals surface area contributed by atoms with Crippen molar-refractivity contribution in [1.82, 2.24) is 29.6 Å². The third-order valence-electron chi connectivity index (χ3n) is 7.54. The molecule has 0 bridgehead atoms. The molecule has 3 aromatic rings. The predicted octanol–water partition coefficient (Wildman–Crippen LogP) is 2.00. The molecule has 2 saturated heterocycles. The second-order valence-corrected chi connectivity index (χ2v) is 10.4. The number of rotatable bonds is 7. The van der Waals surface area contributed by atoms with Crippen molar-refractivity contribution in [2.45, 2.75) is 30.6 Å². The lowest BCUT2D eigenvalue weighted by Crippen LogP contribution is -2.49. The number of aromatic nitrogens is 5. The molecule has 1 aromatic carbocycles. The molecule has 188 valence electrons. The van der Waals surface area contributed by atoms with Gasteiger partial charge >= 0.3 is 0 Å². The van der Waals surface area contributed by atoms with E-state index in [0.29, 0.717) is 30.8 Å². The van der Waals surface area contributed by atoms with Crippen molar-refractivity contribution in [3.05, 3.63) is 59.4 Å². The van der Waals surface area contributed by atoms with Crippen LogP contribution in [-0.4, -0.2) is 82.0 Å². The molecule has 0 spiro atoms. The van der Waals surface area contributed by atoms with Crippen LogP contribution in [0.5, 0.6) is 0 Å². The number of amides is 1. The average molecular weight is 489 g/mol. The van der Waals surface area contributed by atoms with Crippen molar-refractivity contribution in [3.8, 4) is 0 Å². The van der Waals surface area contributed by atoms with E-state index in [-0.39, 0.29) is 11.3 Å². The quantitative estimate of drug-likeness (QED) is 0.539. The monoisotopic (exact) mass is 488 g/mol. The highest BCUT2D eigenvalue weighted by Gasteiger charge is 2.42. The van der Waals surface area contributed by atoms with Gasteiger partial charge < -0.3 is 24.4 Å². The van der Waals surface area contributed by atoms with Crippen molar-refractivity contribution in [2.24, 2.45) is 7.05 Å². The van der Waals surface area contributed by atoms with Gasteiger partial charge in [0.1, 0.15) is 17.8 Å². The Morgan fingerprint density at radius 1 is 1.11 bits per heavy atom. The van der Waals surface area contributed by atoms with E-state index in [1.807, 2.05) is 35.9 Å². The minimum absolute atomic E-state index is 0.176. The number of carbonyl (C=O) groups is 1. The van der Waals surface area contributed by atoms with Gasteiger partial charge in [-0.1, -0.05) is 12.1 Å². The molecule has 3 aliphatic rings. The van der Waals surface area contributed by atoms with Crippen molar-refractivity contribution in [3.63, 3.8) is 0 Å². The van der Waals surface area contributed by atoms with E-state index in [1.54, 1.807) is 6.33 Å². The normalized spacial score (nSPS) is 19.7. The third-order valence-corrected chi connectivity index (χ3v) is 7.54. The number of benzene rings is 1. The Kier molecular flexibility index (Phi) is 5.93. The van der Waals surface area contributed by atoms with E-state index in [1.165, 1.54) is 0 Å². The first-order valence-electron chi connectivity index (χ1n) is 12.6. The van der Waals surface area contributed by atoms with Gasteiger partial charge in [0.05, 0.1) is 13.2 Å². The first-order valence-corrected chi connectivity index (χ1v) is 12.6. The van der Waals surface area contributed by atoms with Gasteiger partial charge in [0, 0.05) is 62.4 Å². The van der Waals surface area contributed by atoms with Crippen molar-refractivity contribution in [2.75, 3.05) is 56.7 Å². The molecule has 2 aromatic heterocycles. The SMILES string of the molecule is CN1CCN(c2nc(C(=O)Nc3cccc(C4(Cc5nncn5C)COC4)c3)cc(C3CC3)n2)CC1. The average Bonchev–Trinajstić information content (AvgIpc) is 3.64. The van der Waals surface area contributed by atoms with Gasteiger partial charge in [-0.2, -0.15) is 0 Å². The molecular weight excluding hydrogens is 456 g/mol. The largest absolute Gasteiger partial charge is 0.379 e. The lowest BCUT2D eigenvalue weighted by atomic mass is 9.75. The number of likely N-dealkylation sites (N-methyl/N-ethyl adjacent to an activating group) is 1. The minimum atomic E-state index is -0.209. The summed E-state index contributed by atoms with van der Waals surface area (Å²) in [5, 5.41) is 11.4. The smallest absolute Gasteiger partial charge is 0.274 e. The van der Waals surface area contributed by atoms with Crippen LogP contribution in [0.4, 0.5) is 11.6 Å². The molecular formula is C26H32N8O2. The van der Waals surface area contributed by atoms with Crippen LogP contribution in [0, 0.1) is 0 Å². The molecule has 1 saturated carbocycles. The van der Waals surface area contributed by atoms with Crippen LogP contribution in [0.1, 0.15) is 46.3 Å². The van der Waals surface area contributed by atoms with Gasteiger partial charge in [0.25, 0.3) is 5.91 Å². The second-order valence-electron chi connectivity index (χ2n) is 10.4. The Bertz CT molecular complexity index is 1260. The molecule has 0 radical (unpaired) electrons. The van der Waals surface area contributed by atoms with E-state index in [9.17, 15) is 4.79 Å². The van der Waals surface area contributed by atoms with E-state index >= 15 is 0 Å². The van der Waals surface area contributed by atoms with E-state index in [2.05, 4.69) is 38.4 Å². The molecule has 3 fully saturated rings. The standard InChI is InChI=1S/C26H32N8O2/c1-32-8-10-34(11-9-32)25-29-21(18-6-7-18)13-22(30-25)24(35)28-20-5-3-4-19(12-20)26(15-36-16-26)14-23-31-27-17-33(23)2/h3-5,12-13,17-18H,6-11,14-16H2,1-2H3,(H,28,35). The van der Waals surface area contributed by atoms with Gasteiger partial charge in [0.15, 0.2) is 0 Å². The van der Waals surface area contributed by atoms with E-state index < -0.39 is 0 Å². The predicted molar refractivity (Wildman–Crippen MR) is 135 cm³/mol. The number of nitrogens with one attached hydrogen (secondary N) is 1. The molecule has 1 aliphatic carbocycles. The van der Waals surface area contributed by atoms with Gasteiger partial charge in [-0.05, 0) is 43.7 Å². The topological polar surface area (TPSA) is 101 Å². The highest BCUT2D eigenvalue weighted by Crippen LogP contribution is 2.40. The Labute approximate surface area is 210 Å². The fraction of sp³-hybridized carbons (Fsp3) is 0.500. The molecule has 6 rings (SSSR count). The van der Waals surface area contributed by atoms with Crippen LogP contribution in [0.2, 0.25) is 0 Å². The van der Waals surface area contributed by atoms with Crippen LogP contribution in [0.15, 0.2) is 36.7 Å². The second kappa shape index (κ2) is 9.25. The molecule has 1 N–H and O–H groups in total. The zero-order valence-corrected chi connectivity index (χ0v) is 20.9. The fourth-order valence-electron chi connectivity index (χ4n) is 4.92. The molecule has 36 heavy (non-hydrogen) atoms. The van der Waals surface area contributed by atoms with Crippen LogP contribution < -0.4 is 10.2 Å². The summed E-state index contributed by atoms with van der Waals surface area (Å²) in [5.74, 6) is 1.81. The summed E-state index contributed by atoms with van der Waals surface area (Å²) < 4.78 is 7.56. The van der Waals surface area contributed by atoms with Gasteiger partial charge in [0.2, 0.25) is 5.95 Å². The van der Waals surface area contributed by atoms with E-state index in [4.69, 9.17) is 14.7 Å². The lowest BCUT2D eigenvalue weighted by Gasteiger charge is -2.41. The van der Waals surface area contributed by atoms with Gasteiger partial charge in [-0.25, -0.2) is 9.97 Å². The summed E-state index contributed by atoms with van der Waals surface area (Å²) in [6, 6.07) is 9.90. The van der Waals surface area contributed by atoms with Crippen molar-refractivity contribution >= 4 is 17.5 Å². The maximum Gasteiger partial charge on any atom is 0.274 e. The van der Waals surface area contributed by atoms with E-state index in [0.717, 1.165) is 68.2 Å². The van der Waals surface area contributed by atoms with Crippen molar-refractivity contribution < 1.29 is 9.53 Å². The van der Waals surface area contributed by atoms with Crippen LogP contribution in [-0.2, 0) is 23.6 Å². The zero-order valence-electron chi connectivity index (χ0n) is 20.9. The summed E-state index contributed by atoms with van der Waals surface area (Å²) in [4.78, 5) is 27.4. The number of carbonyl (C=O) groups excluding carboxylic acids is 1. The maximum atomic E-state index is 13.4. The molecule has 10 heteroatoms. The lowest BCUT2D eigenvalue weighted by molar-refractivity contribution is -0.0610. The highest BCUT2D eigenvalue weighted by molar-refractivity contribution is 6.03. The highest BCUT2D eigenvalue weighted by atomic mass is 16.5. The Morgan fingerprint density at radius 2 is 1.92 bits per heavy atom. The molecule has 2 aliphatic heterocycles. The Hall–Kier alpha value is -3.37. The number of nitrogens with zero attached hydrogens (tertiary/aromatic N) is 7.